The van der Waals surface area contributed by atoms with Crippen LogP contribution in [0.5, 0.6) is 23.0 Å². The van der Waals surface area contributed by atoms with Gasteiger partial charge in [-0.1, -0.05) is 194 Å². The van der Waals surface area contributed by atoms with Crippen molar-refractivity contribution >= 4 is 10.8 Å². The van der Waals surface area contributed by atoms with Crippen molar-refractivity contribution < 1.29 is 9.47 Å². The first-order chi connectivity index (χ1) is 30.2. The summed E-state index contributed by atoms with van der Waals surface area (Å²) < 4.78 is 13.8. The third-order valence-corrected chi connectivity index (χ3v) is 12.1. The lowest BCUT2D eigenvalue weighted by Gasteiger charge is -2.34. The molecule has 5 heteroatoms. The fourth-order valence-corrected chi connectivity index (χ4v) is 9.41. The lowest BCUT2D eigenvalue weighted by molar-refractivity contribution is 0.360. The Balaban J connectivity index is 0.974. The highest BCUT2D eigenvalue weighted by Crippen LogP contribution is 2.62. The van der Waals surface area contributed by atoms with E-state index >= 15 is 0 Å². The Morgan fingerprint density at radius 1 is 0.344 bits per heavy atom. The fraction of sp³-hybridized carbons (Fsp3) is 0.0179. The van der Waals surface area contributed by atoms with E-state index in [0.717, 1.165) is 61.0 Å². The van der Waals surface area contributed by atoms with Gasteiger partial charge in [0, 0.05) is 22.3 Å². The Morgan fingerprint density at radius 3 is 1.69 bits per heavy atom. The zero-order chi connectivity index (χ0) is 40.3. The lowest BCUT2D eigenvalue weighted by Crippen LogP contribution is -2.28. The lowest BCUT2D eigenvalue weighted by atomic mass is 9.68. The van der Waals surface area contributed by atoms with E-state index in [9.17, 15) is 0 Å². The maximum Gasteiger partial charge on any atom is 0.178 e. The van der Waals surface area contributed by atoms with Crippen LogP contribution in [0.2, 0.25) is 0 Å². The number of nitrogens with zero attached hydrogens (tertiary/aromatic N) is 3. The number of fused-ring (bicyclic) bond motifs is 7. The number of hydrogen-bond acceptors (Lipinski definition) is 5. The van der Waals surface area contributed by atoms with Crippen molar-refractivity contribution in [2.75, 3.05) is 0 Å². The standard InChI is InChI=1S/C56H35N3O2/c1-4-18-37(19-5-1)53-57-54(59-55(58-53)44-29-16-20-36-17-10-11-25-41(36)44)43-27-13-12-26-42(43)38-31-33-48-50(35-38)60-49-34-32-47-51(52(49)61-48)45-28-14-15-30-46(45)56(47,39-21-6-2-7-22-39)40-23-8-3-9-24-40/h1-35H. The van der Waals surface area contributed by atoms with Gasteiger partial charge in [0.25, 0.3) is 0 Å². The molecule has 1 aliphatic carbocycles. The number of ether oxygens (including phenoxy) is 2. The molecule has 0 saturated carbocycles. The Bertz CT molecular complexity index is 3270. The number of rotatable bonds is 6. The minimum Gasteiger partial charge on any atom is -0.449 e. The molecule has 0 amide bonds. The highest BCUT2D eigenvalue weighted by atomic mass is 16.6. The molecule has 0 unspecified atom stereocenters. The summed E-state index contributed by atoms with van der Waals surface area (Å²) in [5.74, 6) is 4.50. The smallest absolute Gasteiger partial charge is 0.178 e. The van der Waals surface area contributed by atoms with Crippen molar-refractivity contribution in [3.63, 3.8) is 0 Å². The first-order valence-electron chi connectivity index (χ1n) is 20.5. The first kappa shape index (κ1) is 34.9. The quantitative estimate of drug-likeness (QED) is 0.168. The van der Waals surface area contributed by atoms with Gasteiger partial charge in [0.05, 0.1) is 5.41 Å². The summed E-state index contributed by atoms with van der Waals surface area (Å²) >= 11 is 0. The maximum atomic E-state index is 6.95. The number of benzene rings is 9. The SMILES string of the molecule is c1ccc(-c2nc(-c3ccccc3-c3ccc4c(c3)Oc3ccc5c(c3O4)-c3ccccc3C5(c3ccccc3)c3ccccc3)nc(-c3cccc4ccccc34)n2)cc1. The van der Waals surface area contributed by atoms with Crippen molar-refractivity contribution in [2.24, 2.45) is 0 Å². The van der Waals surface area contributed by atoms with Gasteiger partial charge in [0.15, 0.2) is 40.5 Å². The van der Waals surface area contributed by atoms with E-state index in [1.54, 1.807) is 0 Å². The predicted molar refractivity (Wildman–Crippen MR) is 243 cm³/mol. The van der Waals surface area contributed by atoms with E-state index in [4.69, 9.17) is 24.4 Å². The van der Waals surface area contributed by atoms with Crippen LogP contribution in [0.1, 0.15) is 22.3 Å². The zero-order valence-electron chi connectivity index (χ0n) is 32.9. The van der Waals surface area contributed by atoms with Crippen LogP contribution < -0.4 is 9.47 Å². The zero-order valence-corrected chi connectivity index (χ0v) is 32.9. The molecule has 2 aliphatic rings. The number of hydrogen-bond donors (Lipinski definition) is 0. The van der Waals surface area contributed by atoms with E-state index in [1.165, 1.54) is 16.7 Å². The van der Waals surface area contributed by atoms with Crippen molar-refractivity contribution in [3.05, 3.63) is 235 Å². The largest absolute Gasteiger partial charge is 0.449 e. The molecular weight excluding hydrogens is 747 g/mol. The van der Waals surface area contributed by atoms with E-state index in [-0.39, 0.29) is 0 Å². The summed E-state index contributed by atoms with van der Waals surface area (Å²) in [6, 6.07) is 73.6. The fourth-order valence-electron chi connectivity index (χ4n) is 9.41. The van der Waals surface area contributed by atoms with E-state index in [0.29, 0.717) is 34.7 Å². The highest BCUT2D eigenvalue weighted by Gasteiger charge is 2.48. The molecule has 286 valence electrons. The van der Waals surface area contributed by atoms with Gasteiger partial charge >= 0.3 is 0 Å². The van der Waals surface area contributed by atoms with Gasteiger partial charge in [-0.25, -0.2) is 15.0 Å². The molecule has 0 radical (unpaired) electrons. The summed E-state index contributed by atoms with van der Waals surface area (Å²) in [5, 5.41) is 2.21. The average molecular weight is 782 g/mol. The molecule has 0 atom stereocenters. The minimum atomic E-state index is -0.538. The molecule has 0 spiro atoms. The molecule has 1 aliphatic heterocycles. The Labute approximate surface area is 353 Å². The molecule has 0 bridgehead atoms. The van der Waals surface area contributed by atoms with E-state index < -0.39 is 5.41 Å². The maximum absolute atomic E-state index is 6.95. The van der Waals surface area contributed by atoms with Gasteiger partial charge in [-0.05, 0) is 67.9 Å². The third-order valence-electron chi connectivity index (χ3n) is 12.1. The van der Waals surface area contributed by atoms with Crippen LogP contribution in [-0.2, 0) is 5.41 Å². The van der Waals surface area contributed by atoms with Gasteiger partial charge < -0.3 is 9.47 Å². The molecule has 1 aromatic heterocycles. The number of aromatic nitrogens is 3. The average Bonchev–Trinajstić information content (AvgIpc) is 3.65. The van der Waals surface area contributed by atoms with Crippen LogP contribution in [-0.4, -0.2) is 15.0 Å². The highest BCUT2D eigenvalue weighted by molar-refractivity contribution is 5.96. The predicted octanol–water partition coefficient (Wildman–Crippen LogP) is 14.0. The molecule has 2 heterocycles. The normalized spacial score (nSPS) is 13.0. The van der Waals surface area contributed by atoms with Crippen molar-refractivity contribution in [1.82, 2.24) is 15.0 Å². The molecule has 0 N–H and O–H groups in total. The summed E-state index contributed by atoms with van der Waals surface area (Å²) in [4.78, 5) is 15.3. The third kappa shape index (κ3) is 5.52. The Hall–Kier alpha value is -8.15. The van der Waals surface area contributed by atoms with Crippen LogP contribution in [0, 0.1) is 0 Å². The van der Waals surface area contributed by atoms with Crippen LogP contribution in [0.25, 0.3) is 67.2 Å². The molecule has 12 rings (SSSR count). The summed E-state index contributed by atoms with van der Waals surface area (Å²) in [6.45, 7) is 0. The second kappa shape index (κ2) is 14.0. The van der Waals surface area contributed by atoms with E-state index in [2.05, 4.69) is 164 Å². The van der Waals surface area contributed by atoms with Crippen molar-refractivity contribution in [1.29, 1.82) is 0 Å². The van der Waals surface area contributed by atoms with Gasteiger partial charge in [-0.2, -0.15) is 0 Å². The Morgan fingerprint density at radius 2 is 0.918 bits per heavy atom. The summed E-state index contributed by atoms with van der Waals surface area (Å²) in [7, 11) is 0. The molecule has 5 nitrogen and oxygen atoms in total. The van der Waals surface area contributed by atoms with Gasteiger partial charge in [0.2, 0.25) is 0 Å². The molecule has 0 saturated heterocycles. The van der Waals surface area contributed by atoms with Crippen LogP contribution >= 0.6 is 0 Å². The van der Waals surface area contributed by atoms with Crippen molar-refractivity contribution in [2.45, 2.75) is 5.41 Å². The monoisotopic (exact) mass is 781 g/mol. The second-order valence-electron chi connectivity index (χ2n) is 15.5. The van der Waals surface area contributed by atoms with Gasteiger partial charge in [0.1, 0.15) is 0 Å². The Kier molecular flexibility index (Phi) is 8.00. The summed E-state index contributed by atoms with van der Waals surface area (Å²) in [5.41, 5.74) is 11.1. The topological polar surface area (TPSA) is 57.1 Å². The molecule has 0 fully saturated rings. The second-order valence-corrected chi connectivity index (χ2v) is 15.5. The van der Waals surface area contributed by atoms with Crippen LogP contribution in [0.3, 0.4) is 0 Å². The summed E-state index contributed by atoms with van der Waals surface area (Å²) in [6.07, 6.45) is 0. The molecule has 10 aromatic rings. The van der Waals surface area contributed by atoms with Crippen LogP contribution in [0.4, 0.5) is 0 Å². The first-order valence-corrected chi connectivity index (χ1v) is 20.5. The van der Waals surface area contributed by atoms with Crippen LogP contribution in [0.15, 0.2) is 212 Å². The minimum absolute atomic E-state index is 0.538. The molecule has 9 aromatic carbocycles. The molecule has 61 heavy (non-hydrogen) atoms. The van der Waals surface area contributed by atoms with Gasteiger partial charge in [-0.3, -0.25) is 0 Å². The van der Waals surface area contributed by atoms with Crippen molar-refractivity contribution in [3.8, 4) is 79.4 Å². The van der Waals surface area contributed by atoms with Gasteiger partial charge in [-0.15, -0.1) is 0 Å². The molecular formula is C56H35N3O2. The van der Waals surface area contributed by atoms with E-state index in [1.807, 2.05) is 48.5 Å².